The molecule has 2 heterocycles. The molecular weight excluding hydrogens is 414 g/mol. The summed E-state index contributed by atoms with van der Waals surface area (Å²) in [6.45, 7) is 6.28. The molecule has 6 heteroatoms. The molecule has 0 saturated carbocycles. The number of para-hydroxylation sites is 1. The summed E-state index contributed by atoms with van der Waals surface area (Å²) < 4.78 is 11.2. The average molecular weight is 448 g/mol. The molecule has 0 aliphatic carbocycles. The van der Waals surface area contributed by atoms with E-state index in [1.807, 2.05) is 49.1 Å². The molecule has 33 heavy (non-hydrogen) atoms. The van der Waals surface area contributed by atoms with Crippen LogP contribution in [0, 0.1) is 13.8 Å². The van der Waals surface area contributed by atoms with Crippen molar-refractivity contribution in [3.8, 4) is 16.9 Å². The molecule has 0 atom stereocenters. The molecule has 6 nitrogen and oxygen atoms in total. The predicted octanol–water partition coefficient (Wildman–Crippen LogP) is 5.42. The number of hydrogen-bond acceptors (Lipinski definition) is 5. The third-order valence-electron chi connectivity index (χ3n) is 6.15. The van der Waals surface area contributed by atoms with Crippen molar-refractivity contribution < 1.29 is 14.1 Å². The molecule has 0 saturated heterocycles. The number of benzene rings is 2. The van der Waals surface area contributed by atoms with Crippen LogP contribution in [0.15, 0.2) is 53.1 Å². The Morgan fingerprint density at radius 1 is 1.06 bits per heavy atom. The number of ether oxygens (including phenoxy) is 1. The number of anilines is 1. The van der Waals surface area contributed by atoms with Crippen LogP contribution in [0.3, 0.4) is 0 Å². The first-order valence-corrected chi connectivity index (χ1v) is 11.9. The highest BCUT2D eigenvalue weighted by atomic mass is 16.5. The summed E-state index contributed by atoms with van der Waals surface area (Å²) in [5, 5.41) is 7.68. The second-order valence-corrected chi connectivity index (χ2v) is 8.63. The number of carbonyl (C=O) groups excluding carboxylic acids is 1. The molecule has 1 N–H and O–H groups in total. The van der Waals surface area contributed by atoms with Crippen molar-refractivity contribution in [1.29, 1.82) is 0 Å². The van der Waals surface area contributed by atoms with Crippen LogP contribution in [0.1, 0.15) is 49.1 Å². The van der Waals surface area contributed by atoms with Gasteiger partial charge in [-0.05, 0) is 68.6 Å². The monoisotopic (exact) mass is 447 g/mol. The molecule has 0 spiro atoms. The molecule has 0 radical (unpaired) electrons. The average Bonchev–Trinajstić information content (AvgIpc) is 3.16. The van der Waals surface area contributed by atoms with Gasteiger partial charge >= 0.3 is 0 Å². The summed E-state index contributed by atoms with van der Waals surface area (Å²) >= 11 is 0. The van der Waals surface area contributed by atoms with Crippen LogP contribution in [0.2, 0.25) is 0 Å². The Hall–Kier alpha value is -3.12. The number of aromatic nitrogens is 1. The van der Waals surface area contributed by atoms with Crippen molar-refractivity contribution in [3.05, 3.63) is 65.5 Å². The van der Waals surface area contributed by atoms with E-state index in [1.54, 1.807) is 0 Å². The van der Waals surface area contributed by atoms with Crippen LogP contribution >= 0.6 is 0 Å². The van der Waals surface area contributed by atoms with Gasteiger partial charge in [-0.1, -0.05) is 48.7 Å². The summed E-state index contributed by atoms with van der Waals surface area (Å²) in [6, 6.07) is 15.8. The SMILES string of the molecule is Cc1noc(C)c1-c1ccc2c(c1)CNCCCCCCCN2C(=O)COc1ccccc1. The first-order chi connectivity index (χ1) is 16.1. The Kier molecular flexibility index (Phi) is 7.79. The highest BCUT2D eigenvalue weighted by molar-refractivity contribution is 5.95. The summed E-state index contributed by atoms with van der Waals surface area (Å²) in [5.74, 6) is 1.48. The maximum Gasteiger partial charge on any atom is 0.264 e. The Bertz CT molecular complexity index is 1040. The zero-order valence-corrected chi connectivity index (χ0v) is 19.6. The lowest BCUT2D eigenvalue weighted by atomic mass is 9.99. The third-order valence-corrected chi connectivity index (χ3v) is 6.15. The molecule has 174 valence electrons. The Morgan fingerprint density at radius 2 is 1.85 bits per heavy atom. The number of nitrogens with zero attached hydrogens (tertiary/aromatic N) is 2. The van der Waals surface area contributed by atoms with Crippen molar-refractivity contribution in [2.24, 2.45) is 0 Å². The predicted molar refractivity (Wildman–Crippen MR) is 130 cm³/mol. The van der Waals surface area contributed by atoms with Gasteiger partial charge in [-0.3, -0.25) is 4.79 Å². The zero-order valence-electron chi connectivity index (χ0n) is 19.6. The van der Waals surface area contributed by atoms with Crippen LogP contribution in [-0.4, -0.2) is 30.8 Å². The van der Waals surface area contributed by atoms with E-state index in [0.29, 0.717) is 18.8 Å². The zero-order chi connectivity index (χ0) is 23.0. The minimum absolute atomic E-state index is 0.0164. The number of hydrogen-bond donors (Lipinski definition) is 1. The molecule has 1 amide bonds. The van der Waals surface area contributed by atoms with E-state index in [2.05, 4.69) is 28.7 Å². The number of rotatable bonds is 4. The number of amides is 1. The summed E-state index contributed by atoms with van der Waals surface area (Å²) in [7, 11) is 0. The van der Waals surface area contributed by atoms with E-state index in [4.69, 9.17) is 9.26 Å². The highest BCUT2D eigenvalue weighted by Gasteiger charge is 2.21. The second-order valence-electron chi connectivity index (χ2n) is 8.63. The maximum atomic E-state index is 13.3. The fourth-order valence-electron chi connectivity index (χ4n) is 4.43. The molecule has 1 aliphatic rings. The van der Waals surface area contributed by atoms with Gasteiger partial charge in [0.15, 0.2) is 6.61 Å². The molecule has 0 fully saturated rings. The molecule has 1 aromatic heterocycles. The van der Waals surface area contributed by atoms with Crippen molar-refractivity contribution in [1.82, 2.24) is 10.5 Å². The molecule has 0 bridgehead atoms. The Labute approximate surface area is 195 Å². The molecule has 2 aromatic carbocycles. The summed E-state index contributed by atoms with van der Waals surface area (Å²) in [4.78, 5) is 15.2. The van der Waals surface area contributed by atoms with Crippen molar-refractivity contribution in [2.45, 2.75) is 52.5 Å². The van der Waals surface area contributed by atoms with Gasteiger partial charge in [-0.25, -0.2) is 0 Å². The van der Waals surface area contributed by atoms with Gasteiger partial charge in [0, 0.05) is 24.3 Å². The van der Waals surface area contributed by atoms with Crippen LogP contribution in [0.25, 0.3) is 11.1 Å². The number of carbonyl (C=O) groups is 1. The smallest absolute Gasteiger partial charge is 0.264 e. The second kappa shape index (κ2) is 11.1. The van der Waals surface area contributed by atoms with Crippen LogP contribution in [-0.2, 0) is 11.3 Å². The lowest BCUT2D eigenvalue weighted by Gasteiger charge is -2.27. The summed E-state index contributed by atoms with van der Waals surface area (Å²) in [6.07, 6.45) is 5.68. The van der Waals surface area contributed by atoms with E-state index in [9.17, 15) is 4.79 Å². The van der Waals surface area contributed by atoms with E-state index < -0.39 is 0 Å². The Balaban J connectivity index is 1.64. The van der Waals surface area contributed by atoms with E-state index in [0.717, 1.165) is 53.2 Å². The number of aryl methyl sites for hydroxylation is 2. The minimum atomic E-state index is -0.0257. The van der Waals surface area contributed by atoms with Gasteiger partial charge in [0.05, 0.1) is 5.69 Å². The van der Waals surface area contributed by atoms with Gasteiger partial charge < -0.3 is 19.5 Å². The van der Waals surface area contributed by atoms with Crippen molar-refractivity contribution in [2.75, 3.05) is 24.6 Å². The number of fused-ring (bicyclic) bond motifs is 1. The van der Waals surface area contributed by atoms with E-state index in [-0.39, 0.29) is 12.5 Å². The first-order valence-electron chi connectivity index (χ1n) is 11.9. The molecule has 1 aliphatic heterocycles. The standard InChI is InChI=1S/C27H33N3O3/c1-20-27(21(2)33-29-20)22-13-14-25-23(17-22)18-28-15-9-4-3-5-10-16-30(25)26(31)19-32-24-11-7-6-8-12-24/h6-8,11-14,17,28H,3-5,9-10,15-16,18-19H2,1-2H3. The van der Waals surface area contributed by atoms with E-state index >= 15 is 0 Å². The molecular formula is C27H33N3O3. The normalized spacial score (nSPS) is 15.3. The molecule has 4 rings (SSSR count). The minimum Gasteiger partial charge on any atom is -0.484 e. The number of nitrogens with one attached hydrogen (secondary N) is 1. The van der Waals surface area contributed by atoms with Gasteiger partial charge in [-0.15, -0.1) is 0 Å². The largest absolute Gasteiger partial charge is 0.484 e. The molecule has 0 unspecified atom stereocenters. The fourth-order valence-corrected chi connectivity index (χ4v) is 4.43. The Morgan fingerprint density at radius 3 is 2.64 bits per heavy atom. The molecule has 3 aromatic rings. The third kappa shape index (κ3) is 5.82. The van der Waals surface area contributed by atoms with Crippen LogP contribution in [0.5, 0.6) is 5.75 Å². The van der Waals surface area contributed by atoms with Gasteiger partial charge in [0.2, 0.25) is 0 Å². The van der Waals surface area contributed by atoms with Crippen LogP contribution in [0.4, 0.5) is 5.69 Å². The highest BCUT2D eigenvalue weighted by Crippen LogP contribution is 2.32. The van der Waals surface area contributed by atoms with E-state index in [1.165, 1.54) is 19.3 Å². The van der Waals surface area contributed by atoms with Gasteiger partial charge in [0.1, 0.15) is 11.5 Å². The quantitative estimate of drug-likeness (QED) is 0.578. The van der Waals surface area contributed by atoms with Crippen molar-refractivity contribution in [3.63, 3.8) is 0 Å². The lowest BCUT2D eigenvalue weighted by Crippen LogP contribution is -2.37. The van der Waals surface area contributed by atoms with Crippen molar-refractivity contribution >= 4 is 11.6 Å². The van der Waals surface area contributed by atoms with Crippen LogP contribution < -0.4 is 15.0 Å². The topological polar surface area (TPSA) is 67.6 Å². The lowest BCUT2D eigenvalue weighted by molar-refractivity contribution is -0.120. The van der Waals surface area contributed by atoms with Gasteiger partial charge in [0.25, 0.3) is 5.91 Å². The first kappa shape index (κ1) is 23.1. The maximum absolute atomic E-state index is 13.3. The summed E-state index contributed by atoms with van der Waals surface area (Å²) in [5.41, 5.74) is 5.00. The van der Waals surface area contributed by atoms with Gasteiger partial charge in [-0.2, -0.15) is 0 Å². The fraction of sp³-hybridized carbons (Fsp3) is 0.407.